The van der Waals surface area contributed by atoms with Gasteiger partial charge in [-0.15, -0.1) is 0 Å². The van der Waals surface area contributed by atoms with Gasteiger partial charge in [0.25, 0.3) is 0 Å². The topological polar surface area (TPSA) is 88.4 Å². The van der Waals surface area contributed by atoms with Crippen molar-refractivity contribution in [3.63, 3.8) is 0 Å². The van der Waals surface area contributed by atoms with Crippen molar-refractivity contribution in [3.8, 4) is 5.75 Å². The van der Waals surface area contributed by atoms with Gasteiger partial charge in [-0.3, -0.25) is 0 Å². The van der Waals surface area contributed by atoms with Gasteiger partial charge in [0.1, 0.15) is 36.3 Å². The Morgan fingerprint density at radius 1 is 1.10 bits per heavy atom. The molecule has 1 saturated heterocycles. The molecule has 1 unspecified atom stereocenters. The van der Waals surface area contributed by atoms with Crippen molar-refractivity contribution in [2.24, 2.45) is 5.92 Å². The summed E-state index contributed by atoms with van der Waals surface area (Å²) in [5.74, 6) is 1.10. The number of hydrogen-bond acceptors (Lipinski definition) is 6. The number of rotatable bonds is 3. The molecule has 0 amide bonds. The maximum atomic E-state index is 10.7. The van der Waals surface area contributed by atoms with Crippen LogP contribution >= 0.6 is 11.6 Å². The molecule has 4 rings (SSSR count). The zero-order valence-electron chi connectivity index (χ0n) is 17.7. The van der Waals surface area contributed by atoms with Gasteiger partial charge in [0.15, 0.2) is 0 Å². The highest BCUT2D eigenvalue weighted by atomic mass is 35.5. The first-order chi connectivity index (χ1) is 15.0. The highest BCUT2D eigenvalue weighted by Gasteiger charge is 2.45. The van der Waals surface area contributed by atoms with Gasteiger partial charge in [0.2, 0.25) is 0 Å². The van der Waals surface area contributed by atoms with E-state index in [1.54, 1.807) is 6.07 Å². The molecule has 1 fully saturated rings. The van der Waals surface area contributed by atoms with Crippen LogP contribution in [0, 0.1) is 5.92 Å². The van der Waals surface area contributed by atoms with E-state index >= 15 is 0 Å². The Bertz CT molecular complexity index is 838. The average Bonchev–Trinajstić information content (AvgIpc) is 2.81. The third-order valence-corrected chi connectivity index (χ3v) is 6.71. The van der Waals surface area contributed by atoms with Gasteiger partial charge in [-0.2, -0.15) is 0 Å². The van der Waals surface area contributed by atoms with Crippen LogP contribution in [-0.2, 0) is 15.9 Å². The number of hydrogen-bond donors (Lipinski definition) is 3. The van der Waals surface area contributed by atoms with Crippen LogP contribution < -0.4 is 4.74 Å². The number of allylic oxidation sites excluding steroid dienone is 4. The zero-order chi connectivity index (χ0) is 22.0. The zero-order valence-corrected chi connectivity index (χ0v) is 18.5. The molecule has 1 aliphatic carbocycles. The molecule has 1 aromatic rings. The highest BCUT2D eigenvalue weighted by molar-refractivity contribution is 6.31. The molecule has 2 aliphatic heterocycles. The second-order valence-corrected chi connectivity index (χ2v) is 8.95. The smallest absolute Gasteiger partial charge is 0.126 e. The molecule has 0 spiro atoms. The minimum absolute atomic E-state index is 0.132. The average molecular weight is 451 g/mol. The summed E-state index contributed by atoms with van der Waals surface area (Å²) in [6.45, 7) is 3.18. The molecule has 6 atom stereocenters. The van der Waals surface area contributed by atoms with Crippen molar-refractivity contribution in [3.05, 3.63) is 52.1 Å². The molecule has 7 heteroatoms. The van der Waals surface area contributed by atoms with Crippen LogP contribution in [0.5, 0.6) is 5.75 Å². The Morgan fingerprint density at radius 3 is 2.68 bits per heavy atom. The van der Waals surface area contributed by atoms with Crippen molar-refractivity contribution >= 4 is 11.6 Å². The molecule has 3 N–H and O–H groups in total. The number of fused-ring (bicyclic) bond motifs is 4. The van der Waals surface area contributed by atoms with Crippen molar-refractivity contribution in [2.45, 2.75) is 63.1 Å². The van der Waals surface area contributed by atoms with E-state index in [-0.39, 0.29) is 6.61 Å². The van der Waals surface area contributed by atoms with E-state index < -0.39 is 30.5 Å². The largest absolute Gasteiger partial charge is 0.493 e. The van der Waals surface area contributed by atoms with E-state index in [0.29, 0.717) is 48.3 Å². The van der Waals surface area contributed by atoms with Crippen molar-refractivity contribution < 1.29 is 29.5 Å². The van der Waals surface area contributed by atoms with E-state index in [4.69, 9.17) is 25.8 Å². The first-order valence-corrected chi connectivity index (χ1v) is 11.5. The van der Waals surface area contributed by atoms with Crippen LogP contribution in [0.2, 0.25) is 5.02 Å². The fourth-order valence-corrected chi connectivity index (χ4v) is 4.57. The lowest BCUT2D eigenvalue weighted by Gasteiger charge is -2.41. The summed E-state index contributed by atoms with van der Waals surface area (Å²) < 4.78 is 17.5. The van der Waals surface area contributed by atoms with Gasteiger partial charge in [0.05, 0.1) is 13.2 Å². The summed E-state index contributed by atoms with van der Waals surface area (Å²) in [6, 6.07) is 3.65. The molecule has 170 valence electrons. The molecular formula is C24H31ClO6. The number of benzene rings is 1. The van der Waals surface area contributed by atoms with Crippen molar-refractivity contribution in [1.29, 1.82) is 0 Å². The lowest BCUT2D eigenvalue weighted by Crippen LogP contribution is -2.55. The summed E-state index contributed by atoms with van der Waals surface area (Å²) >= 11 is 6.61. The van der Waals surface area contributed by atoms with Crippen LogP contribution in [-0.4, -0.2) is 59.6 Å². The van der Waals surface area contributed by atoms with Crippen LogP contribution in [0.4, 0.5) is 0 Å². The minimum Gasteiger partial charge on any atom is -0.493 e. The van der Waals surface area contributed by atoms with Crippen LogP contribution in [0.1, 0.15) is 43.4 Å². The molecule has 31 heavy (non-hydrogen) atoms. The van der Waals surface area contributed by atoms with Gasteiger partial charge < -0.3 is 29.5 Å². The third kappa shape index (κ3) is 5.00. The molecule has 0 radical (unpaired) electrons. The molecule has 0 saturated carbocycles. The molecular weight excluding hydrogens is 420 g/mol. The predicted octanol–water partition coefficient (Wildman–Crippen LogP) is 3.12. The van der Waals surface area contributed by atoms with E-state index in [2.05, 4.69) is 25.2 Å². The molecule has 3 aliphatic rings. The summed E-state index contributed by atoms with van der Waals surface area (Å²) in [7, 11) is 0. The van der Waals surface area contributed by atoms with Crippen molar-refractivity contribution in [2.75, 3.05) is 19.8 Å². The molecule has 6 nitrogen and oxygen atoms in total. The van der Waals surface area contributed by atoms with E-state index in [0.717, 1.165) is 18.4 Å². The molecule has 2 bridgehead atoms. The second-order valence-electron chi connectivity index (χ2n) is 8.54. The third-order valence-electron chi connectivity index (χ3n) is 6.35. The number of aliphatic hydroxyl groups is 3. The second kappa shape index (κ2) is 10.0. The van der Waals surface area contributed by atoms with Gasteiger partial charge in [0, 0.05) is 23.6 Å². The lowest BCUT2D eigenvalue weighted by molar-refractivity contribution is -0.235. The van der Waals surface area contributed by atoms with Gasteiger partial charge in [-0.25, -0.2) is 0 Å². The van der Waals surface area contributed by atoms with Gasteiger partial charge in [-0.05, 0) is 48.4 Å². The first kappa shape index (κ1) is 22.8. The Labute approximate surface area is 188 Å². The Hall–Kier alpha value is -1.41. The normalized spacial score (nSPS) is 33.6. The minimum atomic E-state index is -1.35. The quantitative estimate of drug-likeness (QED) is 0.655. The van der Waals surface area contributed by atoms with Gasteiger partial charge in [-0.1, -0.05) is 36.8 Å². The van der Waals surface area contributed by atoms with Crippen molar-refractivity contribution in [1.82, 2.24) is 0 Å². The SMILES string of the molecule is CCC1C=CC(Cc2cc3c(cc2Cl)OCCCOC[C@H]2O[C@@H]3[C@H](O)[C@@H](O)[C@@H]2O)=CC1. The Morgan fingerprint density at radius 2 is 1.94 bits per heavy atom. The Kier molecular flexibility index (Phi) is 7.37. The van der Waals surface area contributed by atoms with E-state index in [1.165, 1.54) is 5.57 Å². The van der Waals surface area contributed by atoms with Crippen LogP contribution in [0.25, 0.3) is 0 Å². The van der Waals surface area contributed by atoms with Crippen LogP contribution in [0.15, 0.2) is 35.9 Å². The maximum Gasteiger partial charge on any atom is 0.126 e. The Balaban J connectivity index is 1.67. The summed E-state index contributed by atoms with van der Waals surface area (Å²) in [5, 5.41) is 32.1. The fourth-order valence-electron chi connectivity index (χ4n) is 4.35. The predicted molar refractivity (Wildman–Crippen MR) is 117 cm³/mol. The highest BCUT2D eigenvalue weighted by Crippen LogP contribution is 2.40. The summed E-state index contributed by atoms with van der Waals surface area (Å²) in [6.07, 6.45) is 4.60. The van der Waals surface area contributed by atoms with Crippen LogP contribution in [0.3, 0.4) is 0 Å². The number of ether oxygens (including phenoxy) is 3. The molecule has 2 heterocycles. The van der Waals surface area contributed by atoms with Gasteiger partial charge >= 0.3 is 0 Å². The molecule has 1 aromatic carbocycles. The lowest BCUT2D eigenvalue weighted by atomic mass is 9.88. The van der Waals surface area contributed by atoms with E-state index in [9.17, 15) is 15.3 Å². The van der Waals surface area contributed by atoms with E-state index in [1.807, 2.05) is 6.07 Å². The molecule has 0 aromatic heterocycles. The standard InChI is InChI=1S/C24H31ClO6/c1-2-14-4-6-15(7-5-14)10-16-11-17-19(12-18(16)25)30-9-3-8-29-13-20-21(26)22(27)23(28)24(17)31-20/h4,6-7,11-12,14,20-24,26-28H,2-3,5,8-10,13H2,1H3/t14?,20-,21-,22+,23-,24+/m1/s1. The first-order valence-electron chi connectivity index (χ1n) is 11.1. The number of aliphatic hydroxyl groups excluding tert-OH is 3. The summed E-state index contributed by atoms with van der Waals surface area (Å²) in [5.41, 5.74) is 2.71. The number of halogens is 1. The summed E-state index contributed by atoms with van der Waals surface area (Å²) in [4.78, 5) is 0. The monoisotopic (exact) mass is 450 g/mol. The maximum absolute atomic E-state index is 10.7. The fraction of sp³-hybridized carbons (Fsp3) is 0.583.